The topological polar surface area (TPSA) is 12.5 Å². The van der Waals surface area contributed by atoms with Crippen LogP contribution < -0.4 is 0 Å². The molecule has 0 saturated carbocycles. The molecule has 0 spiro atoms. The highest BCUT2D eigenvalue weighted by molar-refractivity contribution is 6.58. The van der Waals surface area contributed by atoms with Gasteiger partial charge in [-0.15, -0.1) is 0 Å². The summed E-state index contributed by atoms with van der Waals surface area (Å²) in [5.41, 5.74) is 0.704. The maximum absolute atomic E-state index is 5.02. The smallest absolute Gasteiger partial charge is 0.0814 e. The molecule has 1 nitrogen and oxygen atoms in total. The molecule has 0 aromatic rings. The maximum atomic E-state index is 5.02. The van der Waals surface area contributed by atoms with Gasteiger partial charge in [0.25, 0.3) is 0 Å². The Morgan fingerprint density at radius 3 is 2.17 bits per heavy atom. The van der Waals surface area contributed by atoms with Crippen molar-refractivity contribution in [2.45, 2.75) is 18.8 Å². The molecule has 0 aromatic carbocycles. The van der Waals surface area contributed by atoms with E-state index in [0.717, 1.165) is 6.61 Å². The van der Waals surface area contributed by atoms with E-state index in [1.54, 1.807) is 0 Å². The third-order valence-corrected chi connectivity index (χ3v) is 2.60. The molecule has 0 bridgehead atoms. The van der Waals surface area contributed by atoms with Crippen LogP contribution >= 0.6 is 0 Å². The van der Waals surface area contributed by atoms with E-state index >= 15 is 0 Å². The lowest BCUT2D eigenvalue weighted by atomic mass is 11.0. The van der Waals surface area contributed by atoms with Crippen LogP contribution in [0.25, 0.3) is 0 Å². The average molecular weight is 101 g/mol. The Balaban J connectivity index is 2.13. The second-order valence-electron chi connectivity index (χ2n) is 1.90. The molecule has 0 N–H and O–H groups in total. The molecule has 1 heterocycles. The zero-order valence-corrected chi connectivity index (χ0v) is 5.19. The highest BCUT2D eigenvalue weighted by Gasteiger charge is 2.26. The van der Waals surface area contributed by atoms with Crippen LogP contribution in [0.3, 0.4) is 0 Å². The summed E-state index contributed by atoms with van der Waals surface area (Å²) in [4.78, 5) is 0. The van der Waals surface area contributed by atoms with Crippen LogP contribution in [0.4, 0.5) is 0 Å². The molecule has 0 aromatic heterocycles. The van der Waals surface area contributed by atoms with E-state index in [9.17, 15) is 0 Å². The molecular weight excluding hydrogens is 92.1 g/mol. The van der Waals surface area contributed by atoms with E-state index in [1.165, 1.54) is 0 Å². The predicted octanol–water partition coefficient (Wildman–Crippen LogP) is 0.679. The summed E-state index contributed by atoms with van der Waals surface area (Å²) in [6.45, 7) is 5.60. The Kier molecular flexibility index (Phi) is 0.977. The lowest BCUT2D eigenvalue weighted by Gasteiger charge is -1.87. The van der Waals surface area contributed by atoms with Crippen molar-refractivity contribution in [2.75, 3.05) is 6.61 Å². The lowest BCUT2D eigenvalue weighted by Crippen LogP contribution is -2.08. The fraction of sp³-hybridized carbons (Fsp3) is 1.00. The van der Waals surface area contributed by atoms with Gasteiger partial charge in [0.1, 0.15) is 0 Å². The van der Waals surface area contributed by atoms with Crippen LogP contribution in [0.15, 0.2) is 0 Å². The number of ether oxygens (including phenoxy) is 1. The summed E-state index contributed by atoms with van der Waals surface area (Å²) in [7, 11) is -0.0628. The zero-order valence-electron chi connectivity index (χ0n) is 4.19. The largest absolute Gasteiger partial charge is 0.377 e. The first-order chi connectivity index (χ1) is 2.80. The highest BCUT2D eigenvalue weighted by atomic mass is 28.3. The molecule has 1 aliphatic rings. The standard InChI is InChI=1S/C4H9OSi/c1-6(2)4-3-5-4/h4H,3H2,1-2H3. The summed E-state index contributed by atoms with van der Waals surface area (Å²) >= 11 is 0. The van der Waals surface area contributed by atoms with E-state index in [4.69, 9.17) is 4.74 Å². The summed E-state index contributed by atoms with van der Waals surface area (Å²) in [6.07, 6.45) is 0. The van der Waals surface area contributed by atoms with Gasteiger partial charge in [0, 0.05) is 0 Å². The minimum absolute atomic E-state index is 0.0628. The Hall–Kier alpha value is 0.177. The van der Waals surface area contributed by atoms with Gasteiger partial charge < -0.3 is 4.74 Å². The number of hydrogen-bond acceptors (Lipinski definition) is 1. The van der Waals surface area contributed by atoms with Crippen LogP contribution in [-0.2, 0) is 4.74 Å². The SMILES string of the molecule is C[Si](C)C1CO1. The van der Waals surface area contributed by atoms with E-state index in [-0.39, 0.29) is 8.80 Å². The summed E-state index contributed by atoms with van der Waals surface area (Å²) in [5.74, 6) is 0. The third-order valence-electron chi connectivity index (χ3n) is 0.977. The van der Waals surface area contributed by atoms with E-state index in [0.29, 0.717) is 5.73 Å². The van der Waals surface area contributed by atoms with Crippen molar-refractivity contribution >= 4 is 8.80 Å². The summed E-state index contributed by atoms with van der Waals surface area (Å²) in [6, 6.07) is 0. The Bertz CT molecular complexity index is 49.5. The first-order valence-electron chi connectivity index (χ1n) is 2.22. The van der Waals surface area contributed by atoms with Gasteiger partial charge in [-0.25, -0.2) is 0 Å². The molecule has 1 atom stereocenters. The molecule has 1 saturated heterocycles. The Morgan fingerprint density at radius 1 is 1.67 bits per heavy atom. The van der Waals surface area contributed by atoms with Gasteiger partial charge in [0.05, 0.1) is 21.1 Å². The van der Waals surface area contributed by atoms with Crippen molar-refractivity contribution in [3.63, 3.8) is 0 Å². The molecule has 0 aliphatic carbocycles. The molecule has 2 heteroatoms. The van der Waals surface area contributed by atoms with Gasteiger partial charge in [0.2, 0.25) is 0 Å². The van der Waals surface area contributed by atoms with Gasteiger partial charge in [-0.05, 0) is 0 Å². The van der Waals surface area contributed by atoms with Crippen molar-refractivity contribution in [1.82, 2.24) is 0 Å². The molecule has 1 aliphatic heterocycles. The molecule has 6 heavy (non-hydrogen) atoms. The van der Waals surface area contributed by atoms with E-state index in [1.807, 2.05) is 0 Å². The third kappa shape index (κ3) is 0.818. The van der Waals surface area contributed by atoms with Gasteiger partial charge in [-0.3, -0.25) is 0 Å². The molecule has 1 radical (unpaired) electrons. The molecule has 1 unspecified atom stereocenters. The van der Waals surface area contributed by atoms with Gasteiger partial charge in [0.15, 0.2) is 0 Å². The predicted molar refractivity (Wildman–Crippen MR) is 27.2 cm³/mol. The molecule has 0 amide bonds. The van der Waals surface area contributed by atoms with Crippen LogP contribution in [0.5, 0.6) is 0 Å². The van der Waals surface area contributed by atoms with Crippen LogP contribution in [0, 0.1) is 0 Å². The minimum atomic E-state index is -0.0628. The van der Waals surface area contributed by atoms with Crippen LogP contribution in [0.2, 0.25) is 13.1 Å². The molecule has 1 rings (SSSR count). The van der Waals surface area contributed by atoms with E-state index < -0.39 is 0 Å². The monoisotopic (exact) mass is 101 g/mol. The van der Waals surface area contributed by atoms with Gasteiger partial charge in [-0.2, -0.15) is 0 Å². The molecular formula is C4H9OSi. The first-order valence-corrected chi connectivity index (χ1v) is 4.80. The fourth-order valence-corrected chi connectivity index (χ4v) is 1.14. The fourth-order valence-electron chi connectivity index (χ4n) is 0.381. The van der Waals surface area contributed by atoms with Gasteiger partial charge in [-0.1, -0.05) is 13.1 Å². The van der Waals surface area contributed by atoms with Crippen LogP contribution in [-0.4, -0.2) is 21.1 Å². The second kappa shape index (κ2) is 1.35. The zero-order chi connectivity index (χ0) is 4.57. The van der Waals surface area contributed by atoms with Crippen LogP contribution in [0.1, 0.15) is 0 Å². The second-order valence-corrected chi connectivity index (χ2v) is 4.70. The van der Waals surface area contributed by atoms with Crippen molar-refractivity contribution in [2.24, 2.45) is 0 Å². The lowest BCUT2D eigenvalue weighted by molar-refractivity contribution is 0.453. The molecule has 35 valence electrons. The highest BCUT2D eigenvalue weighted by Crippen LogP contribution is 2.11. The minimum Gasteiger partial charge on any atom is -0.377 e. The Labute approximate surface area is 39.9 Å². The number of hydrogen-bond donors (Lipinski definition) is 0. The normalized spacial score (nSPS) is 31.5. The van der Waals surface area contributed by atoms with Crippen molar-refractivity contribution < 1.29 is 4.74 Å². The van der Waals surface area contributed by atoms with E-state index in [2.05, 4.69) is 13.1 Å². The quantitative estimate of drug-likeness (QED) is 0.349. The maximum Gasteiger partial charge on any atom is 0.0814 e. The van der Waals surface area contributed by atoms with Crippen molar-refractivity contribution in [3.8, 4) is 0 Å². The van der Waals surface area contributed by atoms with Gasteiger partial charge >= 0.3 is 0 Å². The summed E-state index contributed by atoms with van der Waals surface area (Å²) < 4.78 is 5.02. The number of rotatable bonds is 1. The molecule has 1 fully saturated rings. The average Bonchev–Trinajstić information content (AvgIpc) is 2.06. The number of epoxide rings is 1. The van der Waals surface area contributed by atoms with Crippen molar-refractivity contribution in [1.29, 1.82) is 0 Å². The van der Waals surface area contributed by atoms with Crippen molar-refractivity contribution in [3.05, 3.63) is 0 Å². The Morgan fingerprint density at radius 2 is 2.17 bits per heavy atom. The first kappa shape index (κ1) is 4.34. The summed E-state index contributed by atoms with van der Waals surface area (Å²) in [5, 5.41) is 0.